The third-order valence-corrected chi connectivity index (χ3v) is 6.38. The summed E-state index contributed by atoms with van der Waals surface area (Å²) in [6, 6.07) is 13.0. The summed E-state index contributed by atoms with van der Waals surface area (Å²) in [5, 5.41) is 11.8. The minimum Gasteiger partial charge on any atom is -0.431 e. The summed E-state index contributed by atoms with van der Waals surface area (Å²) in [6.07, 6.45) is 0. The summed E-state index contributed by atoms with van der Waals surface area (Å²) < 4.78 is 31.1. The molecule has 3 aromatic rings. The number of nitriles is 1. The number of benzene rings is 2. The van der Waals surface area contributed by atoms with Gasteiger partial charge in [-0.3, -0.25) is 4.79 Å². The van der Waals surface area contributed by atoms with Crippen LogP contribution >= 0.6 is 11.8 Å². The van der Waals surface area contributed by atoms with Crippen LogP contribution in [0.3, 0.4) is 0 Å². The van der Waals surface area contributed by atoms with Crippen LogP contribution in [-0.2, 0) is 14.8 Å². The number of hydrogen-bond acceptors (Lipinski definition) is 7. The molecule has 0 saturated heterocycles. The quantitative estimate of drug-likeness (QED) is 0.614. The molecule has 1 N–H and O–H groups in total. The number of nitrogens with one attached hydrogen (secondary N) is 1. The Morgan fingerprint density at radius 1 is 1.25 bits per heavy atom. The summed E-state index contributed by atoms with van der Waals surface area (Å²) in [4.78, 5) is 16.4. The highest BCUT2D eigenvalue weighted by molar-refractivity contribution is 7.99. The molecule has 0 bridgehead atoms. The lowest BCUT2D eigenvalue weighted by molar-refractivity contribution is -0.113. The number of fused-ring (bicyclic) bond motifs is 1. The second kappa shape index (κ2) is 8.02. The number of carbonyl (C=O) groups excluding carboxylic acids is 1. The molecule has 1 amide bonds. The first-order chi connectivity index (χ1) is 13.3. The fraction of sp³-hybridized carbons (Fsp3) is 0.167. The maximum atomic E-state index is 12.2. The van der Waals surface area contributed by atoms with Gasteiger partial charge in [-0.15, -0.1) is 0 Å². The number of nitrogens with zero attached hydrogens (tertiary/aromatic N) is 3. The van der Waals surface area contributed by atoms with E-state index < -0.39 is 10.0 Å². The van der Waals surface area contributed by atoms with Crippen molar-refractivity contribution in [2.45, 2.75) is 10.1 Å². The lowest BCUT2D eigenvalue weighted by Gasteiger charge is -2.10. The van der Waals surface area contributed by atoms with Gasteiger partial charge in [0.15, 0.2) is 5.58 Å². The Hall–Kier alpha value is -2.87. The van der Waals surface area contributed by atoms with E-state index in [4.69, 9.17) is 9.68 Å². The van der Waals surface area contributed by atoms with Crippen molar-refractivity contribution >= 4 is 44.5 Å². The van der Waals surface area contributed by atoms with E-state index in [9.17, 15) is 13.2 Å². The minimum atomic E-state index is -3.56. The van der Waals surface area contributed by atoms with Gasteiger partial charge in [0.1, 0.15) is 5.52 Å². The number of rotatable bonds is 6. The van der Waals surface area contributed by atoms with Crippen LogP contribution in [0.2, 0.25) is 0 Å². The van der Waals surface area contributed by atoms with E-state index in [0.717, 1.165) is 16.1 Å². The van der Waals surface area contributed by atoms with Gasteiger partial charge in [-0.25, -0.2) is 17.7 Å². The van der Waals surface area contributed by atoms with Crippen LogP contribution in [-0.4, -0.2) is 43.5 Å². The van der Waals surface area contributed by atoms with E-state index in [1.165, 1.54) is 26.2 Å². The fourth-order valence-electron chi connectivity index (χ4n) is 2.27. The molecule has 1 heterocycles. The SMILES string of the molecule is CN(C)S(=O)(=O)c1ccc2oc(SCC(=O)Nc3ccc(C#N)cc3)nc2c1. The number of amides is 1. The predicted molar refractivity (Wildman–Crippen MR) is 105 cm³/mol. The molecule has 0 spiro atoms. The number of hydrogen-bond donors (Lipinski definition) is 1. The first-order valence-electron chi connectivity index (χ1n) is 8.05. The second-order valence-electron chi connectivity index (χ2n) is 5.92. The molecule has 0 aliphatic rings. The van der Waals surface area contributed by atoms with E-state index in [0.29, 0.717) is 22.4 Å². The standard InChI is InChI=1S/C18H16N4O4S2/c1-22(2)28(24,25)14-7-8-16-15(9-14)21-18(26-16)27-11-17(23)20-13-5-3-12(10-19)4-6-13/h3-9H,11H2,1-2H3,(H,20,23). The van der Waals surface area contributed by atoms with Crippen LogP contribution in [0.4, 0.5) is 5.69 Å². The van der Waals surface area contributed by atoms with Crippen molar-refractivity contribution in [1.82, 2.24) is 9.29 Å². The van der Waals surface area contributed by atoms with Crippen molar-refractivity contribution in [3.05, 3.63) is 48.0 Å². The topological polar surface area (TPSA) is 116 Å². The van der Waals surface area contributed by atoms with Gasteiger partial charge in [0.25, 0.3) is 5.22 Å². The molecule has 10 heteroatoms. The highest BCUT2D eigenvalue weighted by Gasteiger charge is 2.19. The highest BCUT2D eigenvalue weighted by Crippen LogP contribution is 2.26. The number of sulfonamides is 1. The molecule has 0 fully saturated rings. The first kappa shape index (κ1) is 19.9. The van der Waals surface area contributed by atoms with E-state index in [1.807, 2.05) is 6.07 Å². The number of carbonyl (C=O) groups is 1. The normalized spacial score (nSPS) is 11.5. The van der Waals surface area contributed by atoms with Crippen LogP contribution in [0.5, 0.6) is 0 Å². The lowest BCUT2D eigenvalue weighted by atomic mass is 10.2. The summed E-state index contributed by atoms with van der Waals surface area (Å²) in [5.41, 5.74) is 1.93. The summed E-state index contributed by atoms with van der Waals surface area (Å²) >= 11 is 1.10. The molecule has 3 rings (SSSR count). The minimum absolute atomic E-state index is 0.0652. The average Bonchev–Trinajstić information content (AvgIpc) is 3.09. The fourth-order valence-corrected chi connectivity index (χ4v) is 3.83. The zero-order valence-electron chi connectivity index (χ0n) is 15.0. The van der Waals surface area contributed by atoms with Crippen molar-refractivity contribution in [3.8, 4) is 6.07 Å². The Labute approximate surface area is 166 Å². The maximum absolute atomic E-state index is 12.2. The molecule has 0 unspecified atom stereocenters. The lowest BCUT2D eigenvalue weighted by Crippen LogP contribution is -2.22. The van der Waals surface area contributed by atoms with E-state index in [2.05, 4.69) is 10.3 Å². The van der Waals surface area contributed by atoms with Gasteiger partial charge in [-0.1, -0.05) is 11.8 Å². The highest BCUT2D eigenvalue weighted by atomic mass is 32.2. The van der Waals surface area contributed by atoms with E-state index in [1.54, 1.807) is 30.3 Å². The molecule has 144 valence electrons. The Morgan fingerprint density at radius 2 is 1.96 bits per heavy atom. The third kappa shape index (κ3) is 4.33. The molecule has 0 radical (unpaired) electrons. The van der Waals surface area contributed by atoms with Crippen molar-refractivity contribution in [2.75, 3.05) is 25.2 Å². The molecule has 0 aliphatic carbocycles. The molecule has 0 saturated carbocycles. The average molecular weight is 416 g/mol. The Balaban J connectivity index is 1.67. The molecule has 8 nitrogen and oxygen atoms in total. The Kier molecular flexibility index (Phi) is 5.69. The van der Waals surface area contributed by atoms with Crippen molar-refractivity contribution < 1.29 is 17.6 Å². The van der Waals surface area contributed by atoms with E-state index in [-0.39, 0.29) is 21.8 Å². The molecule has 0 atom stereocenters. The number of oxazole rings is 1. The number of thioether (sulfide) groups is 1. The monoisotopic (exact) mass is 416 g/mol. The molecular formula is C18H16N4O4S2. The summed E-state index contributed by atoms with van der Waals surface area (Å²) in [5.74, 6) is -0.191. The summed E-state index contributed by atoms with van der Waals surface area (Å²) in [7, 11) is -0.655. The molecule has 0 aliphatic heterocycles. The maximum Gasteiger partial charge on any atom is 0.257 e. The number of aromatic nitrogens is 1. The first-order valence-corrected chi connectivity index (χ1v) is 10.5. The smallest absolute Gasteiger partial charge is 0.257 e. The van der Waals surface area contributed by atoms with Crippen LogP contribution in [0.1, 0.15) is 5.56 Å². The third-order valence-electron chi connectivity index (χ3n) is 3.74. The summed E-state index contributed by atoms with van der Waals surface area (Å²) in [6.45, 7) is 0. The van der Waals surface area contributed by atoms with E-state index >= 15 is 0 Å². The van der Waals surface area contributed by atoms with Gasteiger partial charge in [0.2, 0.25) is 15.9 Å². The molecular weight excluding hydrogens is 400 g/mol. The van der Waals surface area contributed by atoms with Crippen LogP contribution < -0.4 is 5.32 Å². The van der Waals surface area contributed by atoms with Gasteiger partial charge < -0.3 is 9.73 Å². The van der Waals surface area contributed by atoms with Crippen molar-refractivity contribution in [1.29, 1.82) is 5.26 Å². The molecule has 28 heavy (non-hydrogen) atoms. The van der Waals surface area contributed by atoms with Crippen LogP contribution in [0, 0.1) is 11.3 Å². The van der Waals surface area contributed by atoms with Crippen LogP contribution in [0.25, 0.3) is 11.1 Å². The van der Waals surface area contributed by atoms with Crippen LogP contribution in [0.15, 0.2) is 57.0 Å². The Bertz CT molecular complexity index is 1160. The zero-order chi connectivity index (χ0) is 20.3. The molecule has 1 aromatic heterocycles. The predicted octanol–water partition coefficient (Wildman–Crippen LogP) is 2.68. The number of anilines is 1. The van der Waals surface area contributed by atoms with Gasteiger partial charge >= 0.3 is 0 Å². The largest absolute Gasteiger partial charge is 0.431 e. The van der Waals surface area contributed by atoms with Gasteiger partial charge in [-0.2, -0.15) is 5.26 Å². The van der Waals surface area contributed by atoms with Gasteiger partial charge in [0, 0.05) is 19.8 Å². The van der Waals surface area contributed by atoms with Crippen molar-refractivity contribution in [3.63, 3.8) is 0 Å². The van der Waals surface area contributed by atoms with Crippen molar-refractivity contribution in [2.24, 2.45) is 0 Å². The molecule has 2 aromatic carbocycles. The van der Waals surface area contributed by atoms with Gasteiger partial charge in [-0.05, 0) is 42.5 Å². The Morgan fingerprint density at radius 3 is 2.61 bits per heavy atom. The van der Waals surface area contributed by atoms with Gasteiger partial charge in [0.05, 0.1) is 22.3 Å². The second-order valence-corrected chi connectivity index (χ2v) is 9.00. The zero-order valence-corrected chi connectivity index (χ0v) is 16.7.